The van der Waals surface area contributed by atoms with Gasteiger partial charge in [0.15, 0.2) is 0 Å². The fourth-order valence-electron chi connectivity index (χ4n) is 4.30. The summed E-state index contributed by atoms with van der Waals surface area (Å²) in [4.78, 5) is 26.7. The summed E-state index contributed by atoms with van der Waals surface area (Å²) in [5.74, 6) is 0.126. The van der Waals surface area contributed by atoms with Crippen molar-refractivity contribution >= 4 is 27.5 Å². The van der Waals surface area contributed by atoms with E-state index in [0.29, 0.717) is 16.7 Å². The van der Waals surface area contributed by atoms with Crippen LogP contribution >= 0.6 is 15.9 Å². The van der Waals surface area contributed by atoms with E-state index >= 15 is 0 Å². The van der Waals surface area contributed by atoms with E-state index in [-0.39, 0.29) is 28.7 Å². The average Bonchev–Trinajstić information content (AvgIpc) is 2.78. The van der Waals surface area contributed by atoms with Crippen molar-refractivity contribution in [2.24, 2.45) is 0 Å². The number of hydrogen-bond donors (Lipinski definition) is 1. The Kier molecular flexibility index (Phi) is 7.96. The summed E-state index contributed by atoms with van der Waals surface area (Å²) in [6.45, 7) is 12.9. The quantitative estimate of drug-likeness (QED) is 0.374. The van der Waals surface area contributed by atoms with Gasteiger partial charge in [-0.25, -0.2) is 0 Å². The van der Waals surface area contributed by atoms with Crippen LogP contribution in [0.3, 0.4) is 0 Å². The Labute approximate surface area is 205 Å². The normalized spacial score (nSPS) is 11.3. The first-order chi connectivity index (χ1) is 15.6. The summed E-state index contributed by atoms with van der Waals surface area (Å²) in [5, 5.41) is 3.11. The molecule has 4 nitrogen and oxygen atoms in total. The molecule has 0 atom stereocenters. The van der Waals surface area contributed by atoms with Crippen LogP contribution in [0.15, 0.2) is 57.8 Å². The van der Waals surface area contributed by atoms with Crippen LogP contribution in [0.2, 0.25) is 0 Å². The molecule has 0 bridgehead atoms. The first-order valence-corrected chi connectivity index (χ1v) is 12.3. The highest BCUT2D eigenvalue weighted by atomic mass is 79.9. The molecule has 2 aromatic carbocycles. The zero-order valence-electron chi connectivity index (χ0n) is 20.3. The number of benzene rings is 2. The van der Waals surface area contributed by atoms with Crippen LogP contribution in [0, 0.1) is 13.8 Å². The van der Waals surface area contributed by atoms with Crippen molar-refractivity contribution in [2.75, 3.05) is 5.32 Å². The largest absolute Gasteiger partial charge is 0.347 e. The topological polar surface area (TPSA) is 51.1 Å². The third kappa shape index (κ3) is 5.30. The Hall–Kier alpha value is -2.66. The summed E-state index contributed by atoms with van der Waals surface area (Å²) in [6.07, 6.45) is 0.812. The number of pyridine rings is 1. The number of rotatable bonds is 7. The number of carbonyl (C=O) groups excluding carboxylic acids is 1. The molecule has 174 valence electrons. The molecular weight excluding hydrogens is 476 g/mol. The van der Waals surface area contributed by atoms with Crippen molar-refractivity contribution in [1.82, 2.24) is 4.57 Å². The maximum Gasteiger partial charge on any atom is 0.261 e. The van der Waals surface area contributed by atoms with E-state index in [0.717, 1.165) is 28.9 Å². The number of aromatic nitrogens is 1. The van der Waals surface area contributed by atoms with Crippen molar-refractivity contribution in [2.45, 2.75) is 66.3 Å². The third-order valence-electron chi connectivity index (χ3n) is 6.22. The minimum atomic E-state index is -0.360. The molecule has 0 unspecified atom stereocenters. The molecule has 0 saturated carbocycles. The second-order valence-electron chi connectivity index (χ2n) is 9.15. The molecule has 33 heavy (non-hydrogen) atoms. The predicted molar refractivity (Wildman–Crippen MR) is 141 cm³/mol. The number of hydrogen-bond acceptors (Lipinski definition) is 2. The molecule has 3 rings (SSSR count). The summed E-state index contributed by atoms with van der Waals surface area (Å²) < 4.78 is 2.50. The number of halogens is 1. The zero-order valence-corrected chi connectivity index (χ0v) is 21.9. The van der Waals surface area contributed by atoms with E-state index in [1.54, 1.807) is 0 Å². The van der Waals surface area contributed by atoms with Gasteiger partial charge in [0.2, 0.25) is 5.43 Å². The SMILES string of the molecule is Cc1c(Br)c(=O)c(C(=O)Nc2c(C(C)C)cccc2C(C)C)c(C)n1CCc1ccccc1. The Bertz CT molecular complexity index is 1180. The average molecular weight is 509 g/mol. The van der Waals surface area contributed by atoms with Crippen molar-refractivity contribution in [3.05, 3.63) is 96.9 Å². The molecule has 0 spiro atoms. The van der Waals surface area contributed by atoms with Crippen molar-refractivity contribution in [1.29, 1.82) is 0 Å². The van der Waals surface area contributed by atoms with Crippen LogP contribution in [0.5, 0.6) is 0 Å². The Balaban J connectivity index is 2.04. The number of nitrogens with zero attached hydrogens (tertiary/aromatic N) is 1. The van der Waals surface area contributed by atoms with Gasteiger partial charge in [-0.2, -0.15) is 0 Å². The minimum Gasteiger partial charge on any atom is -0.347 e. The van der Waals surface area contributed by atoms with Gasteiger partial charge in [-0.1, -0.05) is 76.2 Å². The molecule has 1 heterocycles. The van der Waals surface area contributed by atoms with Crippen molar-refractivity contribution in [3.8, 4) is 0 Å². The Morgan fingerprint density at radius 1 is 0.909 bits per heavy atom. The third-order valence-corrected chi connectivity index (χ3v) is 7.15. The van der Waals surface area contributed by atoms with Crippen LogP contribution in [0.25, 0.3) is 0 Å². The molecule has 1 aromatic heterocycles. The molecule has 0 aliphatic carbocycles. The van der Waals surface area contributed by atoms with E-state index in [9.17, 15) is 9.59 Å². The lowest BCUT2D eigenvalue weighted by molar-refractivity contribution is 0.102. The zero-order chi connectivity index (χ0) is 24.3. The van der Waals surface area contributed by atoms with Crippen LogP contribution < -0.4 is 10.7 Å². The molecule has 1 N–H and O–H groups in total. The first-order valence-electron chi connectivity index (χ1n) is 11.5. The fraction of sp³-hybridized carbons (Fsp3) is 0.357. The molecule has 0 aliphatic rings. The highest BCUT2D eigenvalue weighted by Crippen LogP contribution is 2.33. The molecule has 3 aromatic rings. The lowest BCUT2D eigenvalue weighted by Gasteiger charge is -2.22. The van der Waals surface area contributed by atoms with E-state index < -0.39 is 0 Å². The van der Waals surface area contributed by atoms with Gasteiger partial charge in [0.25, 0.3) is 5.91 Å². The van der Waals surface area contributed by atoms with Crippen LogP contribution in [0.1, 0.15) is 78.0 Å². The van der Waals surface area contributed by atoms with Crippen molar-refractivity contribution < 1.29 is 4.79 Å². The molecular formula is C28H33BrN2O2. The molecule has 0 fully saturated rings. The molecule has 1 amide bonds. The lowest BCUT2D eigenvalue weighted by Crippen LogP contribution is -2.29. The highest BCUT2D eigenvalue weighted by molar-refractivity contribution is 9.10. The standard InChI is InChI=1S/C28H33BrN2O2/c1-17(2)22-13-10-14-23(18(3)4)26(22)30-28(33)24-19(5)31(20(6)25(29)27(24)32)16-15-21-11-8-7-9-12-21/h7-14,17-18H,15-16H2,1-6H3,(H,30,33). The first kappa shape index (κ1) is 25.0. The highest BCUT2D eigenvalue weighted by Gasteiger charge is 2.23. The van der Waals surface area contributed by atoms with Crippen LogP contribution in [-0.4, -0.2) is 10.5 Å². The number of anilines is 1. The van der Waals surface area contributed by atoms with E-state index in [1.807, 2.05) is 50.2 Å². The molecule has 0 radical (unpaired) electrons. The Morgan fingerprint density at radius 3 is 2.03 bits per heavy atom. The predicted octanol–water partition coefficient (Wildman–Crippen LogP) is 6.97. The monoisotopic (exact) mass is 508 g/mol. The summed E-state index contributed by atoms with van der Waals surface area (Å²) in [5.41, 5.74) is 5.60. The van der Waals surface area contributed by atoms with Gasteiger partial charge in [0.1, 0.15) is 5.56 Å². The molecule has 0 saturated heterocycles. The molecule has 0 aliphatic heterocycles. The van der Waals surface area contributed by atoms with Crippen LogP contribution in [-0.2, 0) is 13.0 Å². The number of amides is 1. The number of carbonyl (C=O) groups is 1. The van der Waals surface area contributed by atoms with E-state index in [2.05, 4.69) is 65.6 Å². The number of para-hydroxylation sites is 1. The smallest absolute Gasteiger partial charge is 0.261 e. The lowest BCUT2D eigenvalue weighted by atomic mass is 9.92. The maximum atomic E-state index is 13.6. The van der Waals surface area contributed by atoms with Gasteiger partial charge >= 0.3 is 0 Å². The summed E-state index contributed by atoms with van der Waals surface area (Å²) in [6, 6.07) is 16.3. The fourth-order valence-corrected chi connectivity index (χ4v) is 4.72. The van der Waals surface area contributed by atoms with Gasteiger partial charge < -0.3 is 9.88 Å². The second-order valence-corrected chi connectivity index (χ2v) is 9.94. The van der Waals surface area contributed by atoms with Gasteiger partial charge in [-0.15, -0.1) is 0 Å². The van der Waals surface area contributed by atoms with Crippen LogP contribution in [0.4, 0.5) is 5.69 Å². The van der Waals surface area contributed by atoms with Crippen molar-refractivity contribution in [3.63, 3.8) is 0 Å². The summed E-state index contributed by atoms with van der Waals surface area (Å²) in [7, 11) is 0. The summed E-state index contributed by atoms with van der Waals surface area (Å²) >= 11 is 3.46. The van der Waals surface area contributed by atoms with E-state index in [4.69, 9.17) is 0 Å². The van der Waals surface area contributed by atoms with Gasteiger partial charge in [-0.3, -0.25) is 9.59 Å². The second kappa shape index (κ2) is 10.5. The maximum absolute atomic E-state index is 13.6. The Morgan fingerprint density at radius 2 is 1.48 bits per heavy atom. The van der Waals surface area contributed by atoms with Gasteiger partial charge in [-0.05, 0) is 64.7 Å². The van der Waals surface area contributed by atoms with Gasteiger partial charge in [0.05, 0.1) is 4.47 Å². The van der Waals surface area contributed by atoms with E-state index in [1.165, 1.54) is 5.56 Å². The minimum absolute atomic E-state index is 0.189. The number of nitrogens with one attached hydrogen (secondary N) is 1. The van der Waals surface area contributed by atoms with Gasteiger partial charge in [0, 0.05) is 23.6 Å². The molecule has 5 heteroatoms. The number of aryl methyl sites for hydroxylation is 1.